The van der Waals surface area contributed by atoms with Crippen molar-refractivity contribution >= 4 is 52.3 Å². The van der Waals surface area contributed by atoms with Crippen LogP contribution in [-0.2, 0) is 13.0 Å². The molecule has 2 N–H and O–H groups in total. The average Bonchev–Trinajstić information content (AvgIpc) is 3.44. The Balaban J connectivity index is 1.10. The largest absolute Gasteiger partial charge is 0.342 e. The third-order valence-corrected chi connectivity index (χ3v) is 8.90. The summed E-state index contributed by atoms with van der Waals surface area (Å²) < 4.78 is 2.23. The van der Waals surface area contributed by atoms with Crippen molar-refractivity contribution in [2.24, 2.45) is 11.0 Å². The zero-order valence-electron chi connectivity index (χ0n) is 26.4. The predicted molar refractivity (Wildman–Crippen MR) is 193 cm³/mol. The van der Waals surface area contributed by atoms with E-state index in [0.29, 0.717) is 23.8 Å². The maximum atomic E-state index is 6.11. The van der Waals surface area contributed by atoms with Crippen LogP contribution < -0.4 is 15.6 Å². The third-order valence-electron chi connectivity index (χ3n) is 8.65. The number of anilines is 4. The van der Waals surface area contributed by atoms with Crippen LogP contribution in [0.1, 0.15) is 35.1 Å². The SMILES string of the molecule is Cc1ccc(Nc2nc(N/N=C\c3cn(Cc4ccc(Cl)cc4)c4ccccc34)nc(N3CCC(Cc4ccccc4)CC3)n2)cc1. The monoisotopic (exact) mass is 640 g/mol. The van der Waals surface area contributed by atoms with Gasteiger partial charge in [0.25, 0.3) is 0 Å². The molecule has 0 bridgehead atoms. The Kier molecular flexibility index (Phi) is 9.10. The maximum Gasteiger partial charge on any atom is 0.250 e. The molecular formula is C38H37ClN8. The van der Waals surface area contributed by atoms with Gasteiger partial charge in [0.05, 0.1) is 6.21 Å². The molecule has 1 saturated heterocycles. The van der Waals surface area contributed by atoms with Crippen molar-refractivity contribution in [3.63, 3.8) is 0 Å². The summed E-state index contributed by atoms with van der Waals surface area (Å²) in [6, 6.07) is 35.2. The number of aryl methyl sites for hydroxylation is 1. The summed E-state index contributed by atoms with van der Waals surface area (Å²) in [7, 11) is 0. The molecule has 0 amide bonds. The van der Waals surface area contributed by atoms with Gasteiger partial charge in [0, 0.05) is 53.0 Å². The van der Waals surface area contributed by atoms with E-state index in [2.05, 4.69) is 116 Å². The minimum atomic E-state index is 0.386. The summed E-state index contributed by atoms with van der Waals surface area (Å²) >= 11 is 6.11. The number of para-hydroxylation sites is 1. The van der Waals surface area contributed by atoms with Crippen LogP contribution in [-0.4, -0.2) is 38.8 Å². The fourth-order valence-corrected chi connectivity index (χ4v) is 6.24. The van der Waals surface area contributed by atoms with Gasteiger partial charge in [0.1, 0.15) is 0 Å². The molecule has 8 nitrogen and oxygen atoms in total. The quantitative estimate of drug-likeness (QED) is 0.115. The number of halogens is 1. The van der Waals surface area contributed by atoms with Crippen LogP contribution in [0.3, 0.4) is 0 Å². The predicted octanol–water partition coefficient (Wildman–Crippen LogP) is 8.49. The summed E-state index contributed by atoms with van der Waals surface area (Å²) in [5.74, 6) is 2.15. The van der Waals surface area contributed by atoms with E-state index in [-0.39, 0.29) is 0 Å². The lowest BCUT2D eigenvalue weighted by molar-refractivity contribution is 0.400. The minimum absolute atomic E-state index is 0.386. The van der Waals surface area contributed by atoms with Gasteiger partial charge in [0.2, 0.25) is 17.8 Å². The first-order chi connectivity index (χ1) is 23.1. The smallest absolute Gasteiger partial charge is 0.250 e. The van der Waals surface area contributed by atoms with Crippen LogP contribution >= 0.6 is 11.6 Å². The summed E-state index contributed by atoms with van der Waals surface area (Å²) in [6.07, 6.45) is 7.22. The second kappa shape index (κ2) is 14.1. The van der Waals surface area contributed by atoms with Gasteiger partial charge in [-0.2, -0.15) is 20.1 Å². The van der Waals surface area contributed by atoms with Crippen LogP contribution in [0.25, 0.3) is 10.9 Å². The molecule has 0 aliphatic carbocycles. The van der Waals surface area contributed by atoms with Crippen LogP contribution in [0.2, 0.25) is 5.02 Å². The lowest BCUT2D eigenvalue weighted by Crippen LogP contribution is -2.35. The average molecular weight is 641 g/mol. The van der Waals surface area contributed by atoms with E-state index in [1.807, 2.05) is 36.5 Å². The Morgan fingerprint density at radius 1 is 0.809 bits per heavy atom. The number of hydrogen-bond acceptors (Lipinski definition) is 7. The van der Waals surface area contributed by atoms with Crippen LogP contribution in [0, 0.1) is 12.8 Å². The first-order valence-corrected chi connectivity index (χ1v) is 16.4. The highest BCUT2D eigenvalue weighted by Gasteiger charge is 2.22. The Hall–Kier alpha value is -5.21. The molecule has 0 radical (unpaired) electrons. The second-order valence-corrected chi connectivity index (χ2v) is 12.6. The molecule has 0 saturated carbocycles. The van der Waals surface area contributed by atoms with E-state index in [1.165, 1.54) is 16.7 Å². The number of nitrogens with one attached hydrogen (secondary N) is 2. The molecule has 4 aromatic carbocycles. The van der Waals surface area contributed by atoms with Crippen molar-refractivity contribution in [3.05, 3.63) is 137 Å². The normalized spacial score (nSPS) is 13.8. The molecule has 2 aromatic heterocycles. The highest BCUT2D eigenvalue weighted by atomic mass is 35.5. The molecule has 6 aromatic rings. The molecule has 9 heteroatoms. The molecule has 0 spiro atoms. The molecule has 7 rings (SSSR count). The van der Waals surface area contributed by atoms with Crippen LogP contribution in [0.4, 0.5) is 23.5 Å². The van der Waals surface area contributed by atoms with Crippen molar-refractivity contribution in [3.8, 4) is 0 Å². The number of fused-ring (bicyclic) bond motifs is 1. The van der Waals surface area contributed by atoms with Gasteiger partial charge in [-0.3, -0.25) is 0 Å². The van der Waals surface area contributed by atoms with Crippen LogP contribution in [0.5, 0.6) is 0 Å². The molecule has 0 unspecified atom stereocenters. The Bertz CT molecular complexity index is 1960. The van der Waals surface area contributed by atoms with E-state index in [9.17, 15) is 0 Å². The molecular weight excluding hydrogens is 604 g/mol. The molecule has 3 heterocycles. The Morgan fingerprint density at radius 2 is 1.53 bits per heavy atom. The Morgan fingerprint density at radius 3 is 2.32 bits per heavy atom. The molecule has 1 fully saturated rings. The highest BCUT2D eigenvalue weighted by molar-refractivity contribution is 6.30. The number of aromatic nitrogens is 4. The van der Waals surface area contributed by atoms with Crippen molar-refractivity contribution in [2.45, 2.75) is 32.7 Å². The fourth-order valence-electron chi connectivity index (χ4n) is 6.12. The summed E-state index contributed by atoms with van der Waals surface area (Å²) in [6.45, 7) is 4.58. The molecule has 1 aliphatic heterocycles. The zero-order valence-corrected chi connectivity index (χ0v) is 27.1. The molecule has 236 valence electrons. The second-order valence-electron chi connectivity index (χ2n) is 12.1. The fraction of sp³-hybridized carbons (Fsp3) is 0.211. The summed E-state index contributed by atoms with van der Waals surface area (Å²) in [5.41, 5.74) is 9.90. The first-order valence-electron chi connectivity index (χ1n) is 16.1. The van der Waals surface area contributed by atoms with Crippen molar-refractivity contribution in [1.29, 1.82) is 0 Å². The van der Waals surface area contributed by atoms with Gasteiger partial charge < -0.3 is 14.8 Å². The summed E-state index contributed by atoms with van der Waals surface area (Å²) in [5, 5.41) is 9.80. The lowest BCUT2D eigenvalue weighted by atomic mass is 9.90. The highest BCUT2D eigenvalue weighted by Crippen LogP contribution is 2.26. The first kappa shape index (κ1) is 30.4. The number of hydrazone groups is 1. The third kappa shape index (κ3) is 7.61. The van der Waals surface area contributed by atoms with Gasteiger partial charge in [-0.05, 0) is 73.6 Å². The van der Waals surface area contributed by atoms with E-state index in [1.54, 1.807) is 0 Å². The minimum Gasteiger partial charge on any atom is -0.342 e. The van der Waals surface area contributed by atoms with Crippen molar-refractivity contribution < 1.29 is 0 Å². The van der Waals surface area contributed by atoms with Gasteiger partial charge in [0.15, 0.2) is 0 Å². The molecule has 1 aliphatic rings. The zero-order chi connectivity index (χ0) is 32.0. The summed E-state index contributed by atoms with van der Waals surface area (Å²) in [4.78, 5) is 16.6. The van der Waals surface area contributed by atoms with Crippen LogP contribution in [0.15, 0.2) is 114 Å². The van der Waals surface area contributed by atoms with E-state index in [0.717, 1.165) is 66.1 Å². The van der Waals surface area contributed by atoms with E-state index >= 15 is 0 Å². The molecule has 0 atom stereocenters. The maximum absolute atomic E-state index is 6.11. The van der Waals surface area contributed by atoms with Gasteiger partial charge in [-0.25, -0.2) is 5.43 Å². The van der Waals surface area contributed by atoms with E-state index in [4.69, 9.17) is 21.6 Å². The number of piperidine rings is 1. The number of hydrogen-bond donors (Lipinski definition) is 2. The standard InChI is InChI=1S/C38H37ClN8/c1-27-11-17-33(18-12-27)41-36-42-37(44-38(43-36)46-21-19-29(20-22-46)23-28-7-3-2-4-8-28)45-40-24-31-26-47(35-10-6-5-9-34(31)35)25-30-13-15-32(39)16-14-30/h2-18,24,26,29H,19-23,25H2,1H3,(H2,41,42,43,44,45)/b40-24-. The Labute approximate surface area is 280 Å². The van der Waals surface area contributed by atoms with Gasteiger partial charge in [-0.15, -0.1) is 0 Å². The van der Waals surface area contributed by atoms with Crippen molar-refractivity contribution in [2.75, 3.05) is 28.7 Å². The topological polar surface area (TPSA) is 83.3 Å². The van der Waals surface area contributed by atoms with Gasteiger partial charge >= 0.3 is 0 Å². The number of rotatable bonds is 10. The lowest BCUT2D eigenvalue weighted by Gasteiger charge is -2.32. The van der Waals surface area contributed by atoms with Gasteiger partial charge in [-0.1, -0.05) is 90.0 Å². The number of nitrogens with zero attached hydrogens (tertiary/aromatic N) is 6. The number of benzene rings is 4. The molecule has 47 heavy (non-hydrogen) atoms. The van der Waals surface area contributed by atoms with Crippen molar-refractivity contribution in [1.82, 2.24) is 19.5 Å². The van der Waals surface area contributed by atoms with E-state index < -0.39 is 0 Å².